The smallest absolute Gasteiger partial charge is 0.305 e. The minimum atomic E-state index is -1.04. The molecule has 7 heteroatoms. The molecule has 0 saturated heterocycles. The predicted molar refractivity (Wildman–Crippen MR) is 80.7 cm³/mol. The zero-order chi connectivity index (χ0) is 16.8. The van der Waals surface area contributed by atoms with Gasteiger partial charge >= 0.3 is 5.97 Å². The highest BCUT2D eigenvalue weighted by molar-refractivity contribution is 5.92. The predicted octanol–water partition coefficient (Wildman–Crippen LogP) is 2.24. The first kappa shape index (κ1) is 16.4. The van der Waals surface area contributed by atoms with Gasteiger partial charge < -0.3 is 24.3 Å². The Kier molecular flexibility index (Phi) is 5.24. The topological polar surface area (TPSA) is 98.0 Å². The molecule has 0 aliphatic rings. The van der Waals surface area contributed by atoms with Crippen LogP contribution in [0.4, 0.5) is 0 Å². The first-order valence-electron chi connectivity index (χ1n) is 6.83. The maximum atomic E-state index is 12.1. The van der Waals surface area contributed by atoms with Crippen LogP contribution in [0.2, 0.25) is 0 Å². The van der Waals surface area contributed by atoms with Gasteiger partial charge in [0.05, 0.1) is 32.9 Å². The van der Waals surface area contributed by atoms with Crippen LogP contribution in [0.3, 0.4) is 0 Å². The number of carboxylic acids is 1. The highest BCUT2D eigenvalue weighted by atomic mass is 16.5. The molecule has 2 rings (SSSR count). The Morgan fingerprint density at radius 2 is 1.96 bits per heavy atom. The summed E-state index contributed by atoms with van der Waals surface area (Å²) in [5, 5.41) is 11.7. The second kappa shape index (κ2) is 7.35. The molecule has 0 bridgehead atoms. The lowest BCUT2D eigenvalue weighted by Gasteiger charge is -2.18. The standard InChI is InChI=1S/C16H17NO6/c1-21-12-6-5-10(8-14(12)22-2)11(9-15(18)19)17-16(20)13-4-3-7-23-13/h3-8,11H,9H2,1-2H3,(H,17,20)(H,18,19)/t11-/m0/s1. The van der Waals surface area contributed by atoms with Crippen molar-refractivity contribution in [3.05, 3.63) is 47.9 Å². The van der Waals surface area contributed by atoms with E-state index in [0.717, 1.165) is 0 Å². The molecule has 0 fully saturated rings. The van der Waals surface area contributed by atoms with Crippen LogP contribution < -0.4 is 14.8 Å². The van der Waals surface area contributed by atoms with E-state index < -0.39 is 17.9 Å². The van der Waals surface area contributed by atoms with Crippen LogP contribution >= 0.6 is 0 Å². The lowest BCUT2D eigenvalue weighted by molar-refractivity contribution is -0.137. The summed E-state index contributed by atoms with van der Waals surface area (Å²) in [5.41, 5.74) is 0.588. The van der Waals surface area contributed by atoms with Gasteiger partial charge in [-0.3, -0.25) is 9.59 Å². The molecule has 122 valence electrons. The van der Waals surface area contributed by atoms with E-state index in [-0.39, 0.29) is 12.2 Å². The van der Waals surface area contributed by atoms with E-state index in [1.165, 1.54) is 26.5 Å². The summed E-state index contributed by atoms with van der Waals surface area (Å²) >= 11 is 0. The van der Waals surface area contributed by atoms with Crippen LogP contribution in [0.1, 0.15) is 28.6 Å². The number of aliphatic carboxylic acids is 1. The van der Waals surface area contributed by atoms with Crippen molar-refractivity contribution in [1.82, 2.24) is 5.32 Å². The highest BCUT2D eigenvalue weighted by Crippen LogP contribution is 2.31. The fraction of sp³-hybridized carbons (Fsp3) is 0.250. The van der Waals surface area contributed by atoms with Gasteiger partial charge in [0.25, 0.3) is 5.91 Å². The molecule has 23 heavy (non-hydrogen) atoms. The molecule has 0 aliphatic heterocycles. The Hall–Kier alpha value is -2.96. The van der Waals surface area contributed by atoms with E-state index >= 15 is 0 Å². The van der Waals surface area contributed by atoms with E-state index in [1.807, 2.05) is 0 Å². The van der Waals surface area contributed by atoms with Gasteiger partial charge in [-0.25, -0.2) is 0 Å². The Morgan fingerprint density at radius 3 is 2.52 bits per heavy atom. The average Bonchev–Trinajstić information content (AvgIpc) is 3.07. The zero-order valence-corrected chi connectivity index (χ0v) is 12.7. The maximum absolute atomic E-state index is 12.1. The van der Waals surface area contributed by atoms with Gasteiger partial charge in [-0.15, -0.1) is 0 Å². The number of methoxy groups -OCH3 is 2. The summed E-state index contributed by atoms with van der Waals surface area (Å²) in [5.74, 6) is -0.447. The van der Waals surface area contributed by atoms with Gasteiger partial charge in [0.15, 0.2) is 17.3 Å². The Bertz CT molecular complexity index is 680. The summed E-state index contributed by atoms with van der Waals surface area (Å²) in [6.07, 6.45) is 1.10. The van der Waals surface area contributed by atoms with Crippen molar-refractivity contribution in [2.75, 3.05) is 14.2 Å². The van der Waals surface area contributed by atoms with E-state index in [0.29, 0.717) is 17.1 Å². The molecule has 0 unspecified atom stereocenters. The van der Waals surface area contributed by atoms with Crippen molar-refractivity contribution in [3.63, 3.8) is 0 Å². The number of carbonyl (C=O) groups excluding carboxylic acids is 1. The number of furan rings is 1. The van der Waals surface area contributed by atoms with Gasteiger partial charge in [0.2, 0.25) is 0 Å². The number of hydrogen-bond acceptors (Lipinski definition) is 5. The molecular weight excluding hydrogens is 302 g/mol. The van der Waals surface area contributed by atoms with Crippen LogP contribution in [-0.2, 0) is 4.79 Å². The van der Waals surface area contributed by atoms with Crippen LogP contribution in [0.25, 0.3) is 0 Å². The molecule has 1 atom stereocenters. The van der Waals surface area contributed by atoms with Crippen molar-refractivity contribution in [2.45, 2.75) is 12.5 Å². The number of carboxylic acid groups (broad SMARTS) is 1. The molecule has 1 aromatic heterocycles. The number of carbonyl (C=O) groups is 2. The molecule has 1 amide bonds. The maximum Gasteiger partial charge on any atom is 0.305 e. The summed E-state index contributed by atoms with van der Waals surface area (Å²) < 4.78 is 15.4. The van der Waals surface area contributed by atoms with Gasteiger partial charge in [0, 0.05) is 0 Å². The Morgan fingerprint density at radius 1 is 1.22 bits per heavy atom. The number of nitrogens with one attached hydrogen (secondary N) is 1. The summed E-state index contributed by atoms with van der Waals surface area (Å²) in [6, 6.07) is 7.32. The van der Waals surface area contributed by atoms with Crippen LogP contribution in [0.5, 0.6) is 11.5 Å². The quantitative estimate of drug-likeness (QED) is 0.812. The van der Waals surface area contributed by atoms with E-state index in [1.54, 1.807) is 24.3 Å². The third kappa shape index (κ3) is 4.03. The summed E-state index contributed by atoms with van der Waals surface area (Å²) in [4.78, 5) is 23.2. The number of rotatable bonds is 7. The molecule has 0 saturated carbocycles. The van der Waals surface area contributed by atoms with Gasteiger partial charge in [-0.05, 0) is 29.8 Å². The highest BCUT2D eigenvalue weighted by Gasteiger charge is 2.21. The van der Waals surface area contributed by atoms with Crippen molar-refractivity contribution >= 4 is 11.9 Å². The molecule has 0 aliphatic carbocycles. The molecule has 2 aromatic rings. The molecule has 1 aromatic carbocycles. The van der Waals surface area contributed by atoms with Gasteiger partial charge in [0.1, 0.15) is 0 Å². The lowest BCUT2D eigenvalue weighted by atomic mass is 10.0. The van der Waals surface area contributed by atoms with E-state index in [2.05, 4.69) is 5.32 Å². The van der Waals surface area contributed by atoms with Crippen LogP contribution in [-0.4, -0.2) is 31.2 Å². The van der Waals surface area contributed by atoms with Gasteiger partial charge in [-0.1, -0.05) is 6.07 Å². The molecule has 0 radical (unpaired) electrons. The van der Waals surface area contributed by atoms with Gasteiger partial charge in [-0.2, -0.15) is 0 Å². The van der Waals surface area contributed by atoms with Crippen molar-refractivity contribution in [1.29, 1.82) is 0 Å². The van der Waals surface area contributed by atoms with Crippen LogP contribution in [0, 0.1) is 0 Å². The molecule has 7 nitrogen and oxygen atoms in total. The largest absolute Gasteiger partial charge is 0.493 e. The third-order valence-electron chi connectivity index (χ3n) is 3.24. The fourth-order valence-electron chi connectivity index (χ4n) is 2.13. The Labute approximate surface area is 132 Å². The first-order valence-corrected chi connectivity index (χ1v) is 6.83. The second-order valence-electron chi connectivity index (χ2n) is 4.72. The zero-order valence-electron chi connectivity index (χ0n) is 12.7. The number of benzene rings is 1. The minimum Gasteiger partial charge on any atom is -0.493 e. The Balaban J connectivity index is 2.27. The first-order chi connectivity index (χ1) is 11.0. The minimum absolute atomic E-state index is 0.112. The average molecular weight is 319 g/mol. The fourth-order valence-corrected chi connectivity index (χ4v) is 2.13. The van der Waals surface area contributed by atoms with E-state index in [4.69, 9.17) is 19.0 Å². The number of amides is 1. The lowest BCUT2D eigenvalue weighted by Crippen LogP contribution is -2.30. The second-order valence-corrected chi connectivity index (χ2v) is 4.72. The number of hydrogen-bond donors (Lipinski definition) is 2. The molecule has 2 N–H and O–H groups in total. The molecule has 0 spiro atoms. The van der Waals surface area contributed by atoms with Crippen molar-refractivity contribution < 1.29 is 28.6 Å². The monoisotopic (exact) mass is 319 g/mol. The normalized spacial score (nSPS) is 11.6. The molecular formula is C16H17NO6. The number of ether oxygens (including phenoxy) is 2. The van der Waals surface area contributed by atoms with Crippen molar-refractivity contribution in [3.8, 4) is 11.5 Å². The SMILES string of the molecule is COc1ccc([C@H](CC(=O)O)NC(=O)c2ccco2)cc1OC. The molecule has 1 heterocycles. The van der Waals surface area contributed by atoms with Crippen molar-refractivity contribution in [2.24, 2.45) is 0 Å². The summed E-state index contributed by atoms with van der Waals surface area (Å²) in [6.45, 7) is 0. The van der Waals surface area contributed by atoms with E-state index in [9.17, 15) is 9.59 Å². The summed E-state index contributed by atoms with van der Waals surface area (Å²) in [7, 11) is 2.99. The third-order valence-corrected chi connectivity index (χ3v) is 3.24. The van der Waals surface area contributed by atoms with Crippen LogP contribution in [0.15, 0.2) is 41.0 Å².